The van der Waals surface area contributed by atoms with Gasteiger partial charge in [-0.05, 0) is 12.5 Å². The van der Waals surface area contributed by atoms with Gasteiger partial charge in [0.15, 0.2) is 5.96 Å². The second kappa shape index (κ2) is 11.5. The van der Waals surface area contributed by atoms with Crippen LogP contribution in [0, 0.1) is 0 Å². The molecule has 0 bridgehead atoms. The van der Waals surface area contributed by atoms with E-state index in [1.807, 2.05) is 30.3 Å². The quantitative estimate of drug-likeness (QED) is 0.247. The summed E-state index contributed by atoms with van der Waals surface area (Å²) in [5, 5.41) is 7.21. The maximum absolute atomic E-state index is 12.3. The summed E-state index contributed by atoms with van der Waals surface area (Å²) in [6.07, 6.45) is 0.0468. The predicted octanol–water partition coefficient (Wildman–Crippen LogP) is 0.979. The number of rotatable bonds is 10. The summed E-state index contributed by atoms with van der Waals surface area (Å²) < 4.78 is 4.98. The van der Waals surface area contributed by atoms with Gasteiger partial charge in [-0.2, -0.15) is 4.99 Å². The van der Waals surface area contributed by atoms with E-state index in [1.54, 1.807) is 6.92 Å². The Kier molecular flexibility index (Phi) is 8.75. The molecule has 0 aliphatic carbocycles. The number of nitrogens with one attached hydrogen (secondary N) is 2. The van der Waals surface area contributed by atoms with E-state index in [9.17, 15) is 14.4 Å². The maximum atomic E-state index is 12.3. The Hall–Kier alpha value is -3.47. The minimum Gasteiger partial charge on any atom is -0.466 e. The molecule has 0 aliphatic rings. The summed E-state index contributed by atoms with van der Waals surface area (Å²) in [5.41, 5.74) is 11.5. The van der Waals surface area contributed by atoms with E-state index in [4.69, 9.17) is 16.2 Å². The van der Waals surface area contributed by atoms with Crippen LogP contribution in [0.15, 0.2) is 40.7 Å². The maximum Gasteiger partial charge on any atom is 0.308 e. The van der Waals surface area contributed by atoms with Crippen molar-refractivity contribution in [3.05, 3.63) is 47.0 Å². The van der Waals surface area contributed by atoms with Crippen molar-refractivity contribution < 1.29 is 19.1 Å². The van der Waals surface area contributed by atoms with Crippen molar-refractivity contribution in [2.24, 2.45) is 16.5 Å². The summed E-state index contributed by atoms with van der Waals surface area (Å²) in [6, 6.07) is 8.62. The van der Waals surface area contributed by atoms with E-state index in [1.165, 1.54) is 5.38 Å². The van der Waals surface area contributed by atoms with E-state index in [0.29, 0.717) is 0 Å². The molecule has 1 unspecified atom stereocenters. The van der Waals surface area contributed by atoms with E-state index in [2.05, 4.69) is 20.6 Å². The minimum atomic E-state index is -0.519. The monoisotopic (exact) mass is 432 g/mol. The van der Waals surface area contributed by atoms with Gasteiger partial charge in [0.25, 0.3) is 5.91 Å². The number of hydrogen-bond acceptors (Lipinski definition) is 7. The van der Waals surface area contributed by atoms with Crippen molar-refractivity contribution in [1.29, 1.82) is 0 Å². The molecule has 1 aromatic carbocycles. The molecule has 6 N–H and O–H groups in total. The molecular weight excluding hydrogens is 408 g/mol. The first-order valence-electron chi connectivity index (χ1n) is 9.22. The number of carbonyl (C=O) groups excluding carboxylic acids is 3. The van der Waals surface area contributed by atoms with Crippen LogP contribution in [0.25, 0.3) is 0 Å². The van der Waals surface area contributed by atoms with Crippen molar-refractivity contribution in [2.75, 3.05) is 13.2 Å². The van der Waals surface area contributed by atoms with Crippen LogP contribution >= 0.6 is 11.3 Å². The largest absolute Gasteiger partial charge is 0.466 e. The molecule has 2 aromatic rings. The number of esters is 1. The molecule has 0 saturated heterocycles. The lowest BCUT2D eigenvalue weighted by molar-refractivity contribution is -0.143. The third-order valence-corrected chi connectivity index (χ3v) is 4.53. The van der Waals surface area contributed by atoms with Gasteiger partial charge in [0.1, 0.15) is 5.69 Å². The number of thiazole rings is 1. The lowest BCUT2D eigenvalue weighted by Gasteiger charge is -2.18. The van der Waals surface area contributed by atoms with Gasteiger partial charge >= 0.3 is 5.97 Å². The van der Waals surface area contributed by atoms with Crippen molar-refractivity contribution in [2.45, 2.75) is 25.8 Å². The number of nitrogens with two attached hydrogens (primary N) is 2. The van der Waals surface area contributed by atoms with Crippen LogP contribution in [0.4, 0.5) is 5.13 Å². The van der Waals surface area contributed by atoms with E-state index < -0.39 is 17.9 Å². The van der Waals surface area contributed by atoms with Crippen LogP contribution in [-0.4, -0.2) is 41.9 Å². The molecule has 11 heteroatoms. The second-order valence-electron chi connectivity index (χ2n) is 6.10. The van der Waals surface area contributed by atoms with E-state index in [-0.39, 0.29) is 48.7 Å². The number of guanidine groups is 1. The smallest absolute Gasteiger partial charge is 0.308 e. The van der Waals surface area contributed by atoms with Gasteiger partial charge in [0.05, 0.1) is 19.1 Å². The molecule has 0 spiro atoms. The van der Waals surface area contributed by atoms with Gasteiger partial charge in [0.2, 0.25) is 11.0 Å². The van der Waals surface area contributed by atoms with Crippen LogP contribution < -0.4 is 22.1 Å². The van der Waals surface area contributed by atoms with Crippen LogP contribution in [0.1, 0.15) is 41.9 Å². The molecule has 30 heavy (non-hydrogen) atoms. The molecule has 0 saturated carbocycles. The molecule has 1 aromatic heterocycles. The van der Waals surface area contributed by atoms with Gasteiger partial charge in [0, 0.05) is 18.3 Å². The zero-order chi connectivity index (χ0) is 21.9. The first kappa shape index (κ1) is 22.8. The minimum absolute atomic E-state index is 0.0162. The highest BCUT2D eigenvalue weighted by atomic mass is 32.1. The Morgan fingerprint density at radius 2 is 1.97 bits per heavy atom. The number of ether oxygens (including phenoxy) is 1. The molecule has 2 amide bonds. The molecule has 0 fully saturated rings. The van der Waals surface area contributed by atoms with Gasteiger partial charge in [-0.1, -0.05) is 30.3 Å². The fourth-order valence-corrected chi connectivity index (χ4v) is 3.19. The Bertz CT molecular complexity index is 895. The molecule has 1 atom stereocenters. The third kappa shape index (κ3) is 7.51. The van der Waals surface area contributed by atoms with Crippen LogP contribution in [0.3, 0.4) is 0 Å². The molecular formula is C19H24N6O4S. The number of aliphatic imine (C=N–C) groups is 1. The average Bonchev–Trinajstić information content (AvgIpc) is 3.16. The first-order valence-corrected chi connectivity index (χ1v) is 10.1. The highest BCUT2D eigenvalue weighted by molar-refractivity contribution is 7.13. The summed E-state index contributed by atoms with van der Waals surface area (Å²) in [6.45, 7) is 2.09. The van der Waals surface area contributed by atoms with Gasteiger partial charge in [-0.15, -0.1) is 11.3 Å². The standard InChI is InChI=1S/C19H24N6O4S/c1-2-29-16(27)10-13(12-6-4-3-5-7-12)23-15(26)8-9-22-17(28)14-11-30-19(24-14)25-18(20)21/h3-7,11,13H,2,8-10H2,1H3,(H,22,28)(H,23,26)(H4,20,21,24,25). The zero-order valence-corrected chi connectivity index (χ0v) is 17.3. The Morgan fingerprint density at radius 3 is 2.63 bits per heavy atom. The number of hydrogen-bond donors (Lipinski definition) is 4. The fraction of sp³-hybridized carbons (Fsp3) is 0.316. The zero-order valence-electron chi connectivity index (χ0n) is 16.5. The highest BCUT2D eigenvalue weighted by Crippen LogP contribution is 2.19. The Morgan fingerprint density at radius 1 is 1.23 bits per heavy atom. The number of benzene rings is 1. The molecule has 1 heterocycles. The summed E-state index contributed by atoms with van der Waals surface area (Å²) >= 11 is 1.12. The first-order chi connectivity index (χ1) is 14.4. The molecule has 10 nitrogen and oxygen atoms in total. The molecule has 160 valence electrons. The molecule has 2 rings (SSSR count). The highest BCUT2D eigenvalue weighted by Gasteiger charge is 2.19. The molecule has 0 aliphatic heterocycles. The van der Waals surface area contributed by atoms with Crippen molar-refractivity contribution >= 4 is 40.2 Å². The summed E-state index contributed by atoms with van der Waals surface area (Å²) in [7, 11) is 0. The average molecular weight is 433 g/mol. The Labute approximate surface area is 177 Å². The lowest BCUT2D eigenvalue weighted by Crippen LogP contribution is -2.34. The number of nitrogens with zero attached hydrogens (tertiary/aromatic N) is 2. The van der Waals surface area contributed by atoms with E-state index >= 15 is 0 Å². The summed E-state index contributed by atoms with van der Waals surface area (Å²) in [4.78, 5) is 44.1. The number of aromatic nitrogens is 1. The van der Waals surface area contributed by atoms with Crippen LogP contribution in [0.2, 0.25) is 0 Å². The topological polar surface area (TPSA) is 162 Å². The van der Waals surface area contributed by atoms with Crippen molar-refractivity contribution in [3.8, 4) is 0 Å². The Balaban J connectivity index is 1.87. The number of amides is 2. The van der Waals surface area contributed by atoms with E-state index in [0.717, 1.165) is 16.9 Å². The normalized spacial score (nSPS) is 11.2. The number of carbonyl (C=O) groups is 3. The second-order valence-corrected chi connectivity index (χ2v) is 6.93. The van der Waals surface area contributed by atoms with Gasteiger partial charge in [-0.25, -0.2) is 4.98 Å². The predicted molar refractivity (Wildman–Crippen MR) is 113 cm³/mol. The van der Waals surface area contributed by atoms with Crippen LogP contribution in [-0.2, 0) is 14.3 Å². The van der Waals surface area contributed by atoms with Gasteiger partial charge < -0.3 is 26.8 Å². The van der Waals surface area contributed by atoms with Crippen molar-refractivity contribution in [1.82, 2.24) is 15.6 Å². The third-order valence-electron chi connectivity index (χ3n) is 3.80. The van der Waals surface area contributed by atoms with Crippen LogP contribution in [0.5, 0.6) is 0 Å². The SMILES string of the molecule is CCOC(=O)CC(NC(=O)CCNC(=O)c1csc(N=C(N)N)n1)c1ccccc1. The van der Waals surface area contributed by atoms with Gasteiger partial charge in [-0.3, -0.25) is 14.4 Å². The lowest BCUT2D eigenvalue weighted by atomic mass is 10.0. The van der Waals surface area contributed by atoms with Crippen molar-refractivity contribution in [3.63, 3.8) is 0 Å². The fourth-order valence-electron chi connectivity index (χ4n) is 2.50. The summed E-state index contributed by atoms with van der Waals surface area (Å²) in [5.74, 6) is -1.31. The molecule has 0 radical (unpaired) electrons.